The number of allylic oxidation sites excluding steroid dienone is 1. The van der Waals surface area contributed by atoms with E-state index in [9.17, 15) is 4.79 Å². The summed E-state index contributed by atoms with van der Waals surface area (Å²) < 4.78 is 6.92. The Morgan fingerprint density at radius 2 is 1.86 bits per heavy atom. The van der Waals surface area contributed by atoms with E-state index in [1.807, 2.05) is 19.4 Å². The van der Waals surface area contributed by atoms with Gasteiger partial charge in [-0.25, -0.2) is 0 Å². The molecule has 35 heavy (non-hydrogen) atoms. The Labute approximate surface area is 215 Å². The van der Waals surface area contributed by atoms with Crippen LogP contribution in [0.2, 0.25) is 0 Å². The van der Waals surface area contributed by atoms with Gasteiger partial charge in [0.15, 0.2) is 0 Å². The van der Waals surface area contributed by atoms with Crippen LogP contribution in [0, 0.1) is 35.0 Å². The molecule has 6 rings (SSSR count). The number of nitrogens with two attached hydrogens (primary N) is 1. The standard InChI is InChI=1S/C27H43NO.C2H5NO.C2H6/c1-17-12-25-24(28-16-17)15-27(29-25)11-9-20-21-8-7-19-6-4-5-10-26(19,3)23(21)13-22(20)18(2)14-27;1-2(3)4;1-2/h17,19-21,23-25,28H,4-16H2,1-3H3;1H3,(H2,3,4);1-2H3. The molecule has 1 spiro atoms. The van der Waals surface area contributed by atoms with E-state index in [1.165, 1.54) is 90.5 Å². The Hall–Kier alpha value is -0.870. The summed E-state index contributed by atoms with van der Waals surface area (Å²) in [7, 11) is 0. The van der Waals surface area contributed by atoms with Gasteiger partial charge in [0.1, 0.15) is 0 Å². The molecule has 2 aliphatic heterocycles. The van der Waals surface area contributed by atoms with Crippen molar-refractivity contribution in [2.75, 3.05) is 6.54 Å². The molecule has 9 unspecified atom stereocenters. The first-order valence-electron chi connectivity index (χ1n) is 15.1. The van der Waals surface area contributed by atoms with Crippen LogP contribution in [0.4, 0.5) is 0 Å². The molecule has 5 fully saturated rings. The molecule has 4 aliphatic carbocycles. The zero-order valence-corrected chi connectivity index (χ0v) is 23.6. The van der Waals surface area contributed by atoms with Crippen molar-refractivity contribution < 1.29 is 9.53 Å². The van der Waals surface area contributed by atoms with Gasteiger partial charge in [0, 0.05) is 13.0 Å². The van der Waals surface area contributed by atoms with Gasteiger partial charge in [0.2, 0.25) is 5.91 Å². The van der Waals surface area contributed by atoms with Gasteiger partial charge in [-0.3, -0.25) is 4.79 Å². The van der Waals surface area contributed by atoms with E-state index in [2.05, 4.69) is 31.8 Å². The van der Waals surface area contributed by atoms with Crippen molar-refractivity contribution in [2.45, 2.75) is 136 Å². The lowest BCUT2D eigenvalue weighted by molar-refractivity contribution is -0.115. The Morgan fingerprint density at radius 1 is 1.11 bits per heavy atom. The van der Waals surface area contributed by atoms with Crippen LogP contribution < -0.4 is 11.1 Å². The van der Waals surface area contributed by atoms with Crippen LogP contribution in [0.3, 0.4) is 0 Å². The Kier molecular flexibility index (Phi) is 8.43. The highest BCUT2D eigenvalue weighted by atomic mass is 16.5. The fourth-order valence-corrected chi connectivity index (χ4v) is 9.48. The average molecular weight is 487 g/mol. The molecular weight excluding hydrogens is 432 g/mol. The van der Waals surface area contributed by atoms with E-state index >= 15 is 0 Å². The zero-order chi connectivity index (χ0) is 25.4. The lowest BCUT2D eigenvalue weighted by Crippen LogP contribution is -2.45. The highest BCUT2D eigenvalue weighted by molar-refractivity contribution is 5.70. The van der Waals surface area contributed by atoms with E-state index in [1.54, 1.807) is 5.57 Å². The second-order valence-electron chi connectivity index (χ2n) is 13.1. The number of piperidine rings is 1. The third-order valence-electron chi connectivity index (χ3n) is 10.9. The van der Waals surface area contributed by atoms with E-state index in [-0.39, 0.29) is 11.5 Å². The number of hydrogen-bond acceptors (Lipinski definition) is 3. The molecule has 0 radical (unpaired) electrons. The predicted molar refractivity (Wildman–Crippen MR) is 145 cm³/mol. The molecule has 0 aromatic rings. The fourth-order valence-electron chi connectivity index (χ4n) is 9.48. The number of primary amides is 1. The molecule has 0 aromatic heterocycles. The normalized spacial score (nSPS) is 46.1. The topological polar surface area (TPSA) is 64.4 Å². The molecule has 2 saturated heterocycles. The number of ether oxygens (including phenoxy) is 1. The number of rotatable bonds is 0. The first-order valence-corrected chi connectivity index (χ1v) is 15.1. The van der Waals surface area contributed by atoms with Crippen LogP contribution in [-0.4, -0.2) is 30.2 Å². The van der Waals surface area contributed by atoms with Crippen LogP contribution >= 0.6 is 0 Å². The van der Waals surface area contributed by atoms with Gasteiger partial charge in [-0.05, 0) is 113 Å². The summed E-state index contributed by atoms with van der Waals surface area (Å²) in [5.41, 5.74) is 8.92. The van der Waals surface area contributed by atoms with Gasteiger partial charge in [-0.1, -0.05) is 51.7 Å². The van der Waals surface area contributed by atoms with Gasteiger partial charge in [-0.15, -0.1) is 0 Å². The van der Waals surface area contributed by atoms with Crippen molar-refractivity contribution in [1.82, 2.24) is 5.32 Å². The minimum Gasteiger partial charge on any atom is -0.370 e. The highest BCUT2D eigenvalue weighted by Crippen LogP contribution is 2.65. The Morgan fingerprint density at radius 3 is 2.60 bits per heavy atom. The van der Waals surface area contributed by atoms with Crippen molar-refractivity contribution >= 4 is 5.91 Å². The molecule has 6 aliphatic rings. The molecule has 3 saturated carbocycles. The first-order chi connectivity index (χ1) is 16.7. The second-order valence-corrected chi connectivity index (χ2v) is 13.1. The van der Waals surface area contributed by atoms with Gasteiger partial charge in [-0.2, -0.15) is 0 Å². The van der Waals surface area contributed by atoms with Gasteiger partial charge in [0.25, 0.3) is 0 Å². The van der Waals surface area contributed by atoms with Crippen LogP contribution in [0.1, 0.15) is 119 Å². The quantitative estimate of drug-likeness (QED) is 0.371. The number of carbonyl (C=O) groups is 1. The maximum atomic E-state index is 9.22. The number of carbonyl (C=O) groups excluding carboxylic acids is 1. The summed E-state index contributed by atoms with van der Waals surface area (Å²) in [6.45, 7) is 14.1. The van der Waals surface area contributed by atoms with E-state index in [4.69, 9.17) is 4.74 Å². The molecule has 200 valence electrons. The van der Waals surface area contributed by atoms with Gasteiger partial charge >= 0.3 is 0 Å². The Bertz CT molecular complexity index is 789. The number of fused-ring (bicyclic) bond motifs is 6. The van der Waals surface area contributed by atoms with E-state index < -0.39 is 0 Å². The van der Waals surface area contributed by atoms with Gasteiger partial charge in [0.05, 0.1) is 11.7 Å². The Balaban J connectivity index is 0.000000440. The van der Waals surface area contributed by atoms with Crippen LogP contribution in [0.5, 0.6) is 0 Å². The molecule has 1 amide bonds. The van der Waals surface area contributed by atoms with E-state index in [0.717, 1.165) is 29.6 Å². The van der Waals surface area contributed by atoms with Crippen LogP contribution in [0.25, 0.3) is 0 Å². The molecule has 4 nitrogen and oxygen atoms in total. The van der Waals surface area contributed by atoms with Crippen molar-refractivity contribution in [3.8, 4) is 0 Å². The lowest BCUT2D eigenvalue weighted by Gasteiger charge is -2.52. The van der Waals surface area contributed by atoms with Gasteiger partial charge < -0.3 is 15.8 Å². The fraction of sp³-hybridized carbons (Fsp3) is 0.903. The lowest BCUT2D eigenvalue weighted by atomic mass is 9.52. The maximum Gasteiger partial charge on any atom is 0.214 e. The molecule has 0 bridgehead atoms. The largest absolute Gasteiger partial charge is 0.370 e. The van der Waals surface area contributed by atoms with Crippen molar-refractivity contribution in [3.63, 3.8) is 0 Å². The van der Waals surface area contributed by atoms with E-state index in [0.29, 0.717) is 17.6 Å². The minimum atomic E-state index is -0.333. The smallest absolute Gasteiger partial charge is 0.214 e. The highest BCUT2D eigenvalue weighted by Gasteiger charge is 2.57. The summed E-state index contributed by atoms with van der Waals surface area (Å²) in [5, 5.41) is 3.83. The summed E-state index contributed by atoms with van der Waals surface area (Å²) in [6, 6.07) is 0.617. The maximum absolute atomic E-state index is 9.22. The molecular formula is C31H54N2O2. The van der Waals surface area contributed by atoms with Crippen LogP contribution in [0.15, 0.2) is 11.1 Å². The number of nitrogens with one attached hydrogen (secondary N) is 1. The molecule has 9 atom stereocenters. The van der Waals surface area contributed by atoms with Crippen molar-refractivity contribution in [2.24, 2.45) is 40.7 Å². The zero-order valence-electron chi connectivity index (χ0n) is 23.6. The molecule has 4 heteroatoms. The number of amides is 1. The van der Waals surface area contributed by atoms with Crippen molar-refractivity contribution in [3.05, 3.63) is 11.1 Å². The molecule has 0 aromatic carbocycles. The third kappa shape index (κ3) is 5.26. The monoisotopic (exact) mass is 486 g/mol. The average Bonchev–Trinajstić information content (AvgIpc) is 3.33. The molecule has 2 heterocycles. The summed E-state index contributed by atoms with van der Waals surface area (Å²) in [5.74, 6) is 4.32. The SMILES string of the molecule is CC.CC(N)=O.CC1=C2CC3C(CCC4CCCCC43C)C2CCC2(C1)CC1NCC(C)CC1O2. The summed E-state index contributed by atoms with van der Waals surface area (Å²) in [6.07, 6.45) is 17.4. The first kappa shape index (κ1) is 27.2. The summed E-state index contributed by atoms with van der Waals surface area (Å²) >= 11 is 0. The molecule has 3 N–H and O–H groups in total. The summed E-state index contributed by atoms with van der Waals surface area (Å²) in [4.78, 5) is 9.22. The second kappa shape index (κ2) is 10.9. The predicted octanol–water partition coefficient (Wildman–Crippen LogP) is 6.77. The minimum absolute atomic E-state index is 0.148. The van der Waals surface area contributed by atoms with Crippen molar-refractivity contribution in [1.29, 1.82) is 0 Å². The third-order valence-corrected chi connectivity index (χ3v) is 10.9. The number of hydrogen-bond donors (Lipinski definition) is 2. The van der Waals surface area contributed by atoms with Crippen LogP contribution in [-0.2, 0) is 9.53 Å².